The monoisotopic (exact) mass is 132 g/mol. The second-order valence-corrected chi connectivity index (χ2v) is 1.80. The summed E-state index contributed by atoms with van der Waals surface area (Å²) < 4.78 is 0. The first-order chi connectivity index (χ1) is 4.24. The van der Waals surface area contributed by atoms with E-state index in [1.807, 2.05) is 0 Å². The average molecular weight is 132 g/mol. The van der Waals surface area contributed by atoms with Gasteiger partial charge in [-0.15, -0.1) is 0 Å². The van der Waals surface area contributed by atoms with Crippen molar-refractivity contribution in [3.63, 3.8) is 0 Å². The van der Waals surface area contributed by atoms with Crippen LogP contribution in [-0.4, -0.2) is 33.5 Å². The Hall–Kier alpha value is -0.160. The van der Waals surface area contributed by atoms with E-state index in [4.69, 9.17) is 0 Å². The molecule has 9 heavy (non-hydrogen) atoms. The molecule has 0 bridgehead atoms. The molecular weight excluding hydrogens is 118 g/mol. The molecule has 0 aromatic carbocycles. The minimum atomic E-state index is -0.639. The highest BCUT2D eigenvalue weighted by molar-refractivity contribution is 4.75. The summed E-state index contributed by atoms with van der Waals surface area (Å²) in [5, 5.41) is 18.9. The van der Waals surface area contributed by atoms with Crippen molar-refractivity contribution in [3.8, 4) is 0 Å². The molecule has 0 saturated heterocycles. The SMILES string of the molecule is CNC(C[O])(NC)NC. The highest BCUT2D eigenvalue weighted by Crippen LogP contribution is 1.87. The van der Waals surface area contributed by atoms with E-state index in [9.17, 15) is 5.11 Å². The molecule has 0 aliphatic heterocycles. The molecule has 0 saturated carbocycles. The quantitative estimate of drug-likeness (QED) is 0.418. The van der Waals surface area contributed by atoms with Crippen molar-refractivity contribution in [1.29, 1.82) is 0 Å². The predicted molar refractivity (Wildman–Crippen MR) is 35.5 cm³/mol. The molecule has 1 radical (unpaired) electrons. The summed E-state index contributed by atoms with van der Waals surface area (Å²) in [5.74, 6) is -0.639. The van der Waals surface area contributed by atoms with Gasteiger partial charge in [-0.3, -0.25) is 16.0 Å². The molecule has 55 valence electrons. The second-order valence-electron chi connectivity index (χ2n) is 1.80. The van der Waals surface area contributed by atoms with E-state index in [2.05, 4.69) is 16.0 Å². The number of likely N-dealkylation sites (N-methyl/N-ethyl adjacent to an activating group) is 3. The van der Waals surface area contributed by atoms with E-state index >= 15 is 0 Å². The zero-order chi connectivity index (χ0) is 7.33. The maximum absolute atomic E-state index is 10.5. The highest BCUT2D eigenvalue weighted by Gasteiger charge is 2.21. The molecule has 0 spiro atoms. The van der Waals surface area contributed by atoms with Gasteiger partial charge in [-0.25, -0.2) is 5.11 Å². The molecule has 0 aromatic heterocycles. The molecule has 3 N–H and O–H groups in total. The van der Waals surface area contributed by atoms with E-state index in [0.29, 0.717) is 0 Å². The largest absolute Gasteiger partial charge is 0.288 e. The molecule has 0 aliphatic carbocycles. The first-order valence-corrected chi connectivity index (χ1v) is 2.89. The lowest BCUT2D eigenvalue weighted by molar-refractivity contribution is 0.0678. The summed E-state index contributed by atoms with van der Waals surface area (Å²) in [4.78, 5) is 0. The van der Waals surface area contributed by atoms with Gasteiger partial charge in [0.15, 0.2) is 0 Å². The topological polar surface area (TPSA) is 56.0 Å². The van der Waals surface area contributed by atoms with Crippen LogP contribution in [0.15, 0.2) is 0 Å². The Kier molecular flexibility index (Phi) is 3.72. The Bertz CT molecular complexity index is 55.1. The molecule has 0 rings (SSSR count). The van der Waals surface area contributed by atoms with Crippen molar-refractivity contribution in [1.82, 2.24) is 16.0 Å². The number of nitrogens with one attached hydrogen (secondary N) is 3. The Morgan fingerprint density at radius 3 is 1.44 bits per heavy atom. The van der Waals surface area contributed by atoms with E-state index in [-0.39, 0.29) is 6.61 Å². The molecule has 4 nitrogen and oxygen atoms in total. The Morgan fingerprint density at radius 2 is 1.44 bits per heavy atom. The van der Waals surface area contributed by atoms with Gasteiger partial charge in [0.1, 0.15) is 12.4 Å². The van der Waals surface area contributed by atoms with E-state index in [1.54, 1.807) is 21.1 Å². The first kappa shape index (κ1) is 8.84. The third kappa shape index (κ3) is 1.91. The fourth-order valence-electron chi connectivity index (χ4n) is 0.592. The summed E-state index contributed by atoms with van der Waals surface area (Å²) in [6.07, 6.45) is 0. The van der Waals surface area contributed by atoms with Crippen LogP contribution in [0.2, 0.25) is 0 Å². The fourth-order valence-corrected chi connectivity index (χ4v) is 0.592. The van der Waals surface area contributed by atoms with Crippen molar-refractivity contribution in [3.05, 3.63) is 0 Å². The Balaban J connectivity index is 3.82. The summed E-state index contributed by atoms with van der Waals surface area (Å²) in [6, 6.07) is 0. The summed E-state index contributed by atoms with van der Waals surface area (Å²) in [7, 11) is 5.18. The van der Waals surface area contributed by atoms with Crippen LogP contribution in [0, 0.1) is 0 Å². The molecule has 0 aromatic rings. The minimum absolute atomic E-state index is 0.240. The lowest BCUT2D eigenvalue weighted by Gasteiger charge is -2.29. The maximum atomic E-state index is 10.5. The van der Waals surface area contributed by atoms with Crippen molar-refractivity contribution in [2.24, 2.45) is 0 Å². The molecule has 4 heteroatoms. The van der Waals surface area contributed by atoms with Crippen LogP contribution >= 0.6 is 0 Å². The molecule has 0 unspecified atom stereocenters. The Labute approximate surface area is 55.6 Å². The minimum Gasteiger partial charge on any atom is -0.288 e. The lowest BCUT2D eigenvalue weighted by Crippen LogP contribution is -2.65. The molecule has 0 fully saturated rings. The van der Waals surface area contributed by atoms with Gasteiger partial charge in [-0.1, -0.05) is 0 Å². The predicted octanol–water partition coefficient (Wildman–Crippen LogP) is -1.27. The van der Waals surface area contributed by atoms with Gasteiger partial charge in [0.05, 0.1) is 0 Å². The van der Waals surface area contributed by atoms with Crippen molar-refractivity contribution in [2.45, 2.75) is 5.79 Å². The van der Waals surface area contributed by atoms with Crippen LogP contribution in [0.25, 0.3) is 0 Å². The van der Waals surface area contributed by atoms with Gasteiger partial charge in [0.25, 0.3) is 0 Å². The number of hydrogen-bond acceptors (Lipinski definition) is 3. The second kappa shape index (κ2) is 3.79. The van der Waals surface area contributed by atoms with Gasteiger partial charge in [-0.2, -0.15) is 0 Å². The van der Waals surface area contributed by atoms with Crippen molar-refractivity contribution in [2.75, 3.05) is 27.7 Å². The highest BCUT2D eigenvalue weighted by atomic mass is 16.3. The van der Waals surface area contributed by atoms with Gasteiger partial charge in [0, 0.05) is 0 Å². The Morgan fingerprint density at radius 1 is 1.11 bits per heavy atom. The van der Waals surface area contributed by atoms with Crippen LogP contribution in [-0.2, 0) is 5.11 Å². The first-order valence-electron chi connectivity index (χ1n) is 2.89. The fraction of sp³-hybridized carbons (Fsp3) is 1.00. The van der Waals surface area contributed by atoms with Crippen molar-refractivity contribution >= 4 is 0 Å². The van der Waals surface area contributed by atoms with Crippen LogP contribution in [0.4, 0.5) is 0 Å². The molecule has 0 amide bonds. The van der Waals surface area contributed by atoms with E-state index in [1.165, 1.54) is 0 Å². The number of rotatable bonds is 4. The van der Waals surface area contributed by atoms with E-state index in [0.717, 1.165) is 0 Å². The van der Waals surface area contributed by atoms with Crippen LogP contribution in [0.5, 0.6) is 0 Å². The van der Waals surface area contributed by atoms with Gasteiger partial charge >= 0.3 is 0 Å². The van der Waals surface area contributed by atoms with Crippen molar-refractivity contribution < 1.29 is 5.11 Å². The third-order valence-corrected chi connectivity index (χ3v) is 1.50. The summed E-state index contributed by atoms with van der Waals surface area (Å²) >= 11 is 0. The van der Waals surface area contributed by atoms with Gasteiger partial charge in [0.2, 0.25) is 0 Å². The van der Waals surface area contributed by atoms with E-state index < -0.39 is 5.79 Å². The maximum Gasteiger partial charge on any atom is 0.150 e. The lowest BCUT2D eigenvalue weighted by atomic mass is 10.4. The normalized spacial score (nSPS) is 12.0. The third-order valence-electron chi connectivity index (χ3n) is 1.50. The van der Waals surface area contributed by atoms with Crippen LogP contribution in [0.3, 0.4) is 0 Å². The van der Waals surface area contributed by atoms with Crippen LogP contribution < -0.4 is 16.0 Å². The average Bonchev–Trinajstić information content (AvgIpc) is 1.95. The van der Waals surface area contributed by atoms with Crippen LogP contribution in [0.1, 0.15) is 0 Å². The molecule has 0 aliphatic rings. The zero-order valence-electron chi connectivity index (χ0n) is 6.12. The van der Waals surface area contributed by atoms with Gasteiger partial charge < -0.3 is 0 Å². The summed E-state index contributed by atoms with van der Waals surface area (Å²) in [5.41, 5.74) is 0. The number of hydrogen-bond donors (Lipinski definition) is 3. The standard InChI is InChI=1S/C5H14N3O/c1-6-5(4-9,7-2)8-3/h6-8H,4H2,1-3H3. The smallest absolute Gasteiger partial charge is 0.150 e. The molecule has 0 heterocycles. The summed E-state index contributed by atoms with van der Waals surface area (Å²) in [6.45, 7) is -0.240. The molecule has 0 atom stereocenters. The zero-order valence-corrected chi connectivity index (χ0v) is 6.12. The van der Waals surface area contributed by atoms with Gasteiger partial charge in [-0.05, 0) is 21.1 Å². The molecular formula is C5H14N3O.